The number of rotatable bonds is 2. The number of halogens is 1. The fourth-order valence-electron chi connectivity index (χ4n) is 0.986. The third-order valence-electron chi connectivity index (χ3n) is 3.03. The molecule has 0 aromatic carbocycles. The number of nitrogens with one attached hydrogen (secondary N) is 1. The Morgan fingerprint density at radius 1 is 1.13 bits per heavy atom. The Hall–Kier alpha value is -0.760. The van der Waals surface area contributed by atoms with Crippen molar-refractivity contribution in [3.05, 3.63) is 23.4 Å². The van der Waals surface area contributed by atoms with Crippen LogP contribution in [0.4, 0.5) is 5.82 Å². The molecule has 0 aliphatic heterocycles. The maximum absolute atomic E-state index is 5.84. The second-order valence-electron chi connectivity index (χ2n) is 5.35. The number of nitrogens with zero attached hydrogens (tertiary/aromatic N) is 1. The molecule has 1 N–H and O–H groups in total. The minimum Gasteiger partial charge on any atom is -0.365 e. The predicted molar refractivity (Wildman–Crippen MR) is 66.4 cm³/mol. The van der Waals surface area contributed by atoms with E-state index in [0.29, 0.717) is 5.15 Å². The first-order valence-corrected chi connectivity index (χ1v) is 5.51. The summed E-state index contributed by atoms with van der Waals surface area (Å²) in [5, 5.41) is 3.92. The van der Waals surface area contributed by atoms with E-state index in [0.717, 1.165) is 5.82 Å². The zero-order valence-corrected chi connectivity index (χ0v) is 10.8. The van der Waals surface area contributed by atoms with Crippen molar-refractivity contribution in [2.45, 2.75) is 40.2 Å². The lowest BCUT2D eigenvalue weighted by Crippen LogP contribution is -2.44. The Morgan fingerprint density at radius 3 is 2.20 bits per heavy atom. The van der Waals surface area contributed by atoms with Crippen molar-refractivity contribution >= 4 is 17.4 Å². The van der Waals surface area contributed by atoms with Crippen molar-refractivity contribution in [2.24, 2.45) is 5.41 Å². The van der Waals surface area contributed by atoms with Crippen molar-refractivity contribution in [3.63, 3.8) is 0 Å². The van der Waals surface area contributed by atoms with Gasteiger partial charge in [0.15, 0.2) is 0 Å². The lowest BCUT2D eigenvalue weighted by Gasteiger charge is -2.40. The van der Waals surface area contributed by atoms with Gasteiger partial charge in [-0.1, -0.05) is 38.4 Å². The van der Waals surface area contributed by atoms with E-state index < -0.39 is 0 Å². The monoisotopic (exact) mass is 226 g/mol. The zero-order chi connectivity index (χ0) is 11.7. The Balaban J connectivity index is 2.87. The number of pyridine rings is 1. The van der Waals surface area contributed by atoms with Crippen LogP contribution in [0.3, 0.4) is 0 Å². The van der Waals surface area contributed by atoms with Gasteiger partial charge in [0.25, 0.3) is 0 Å². The third kappa shape index (κ3) is 3.10. The average molecular weight is 227 g/mol. The van der Waals surface area contributed by atoms with Crippen LogP contribution in [0, 0.1) is 5.41 Å². The van der Waals surface area contributed by atoms with Gasteiger partial charge in [-0.15, -0.1) is 0 Å². The largest absolute Gasteiger partial charge is 0.365 e. The number of aromatic nitrogens is 1. The second kappa shape index (κ2) is 4.01. The maximum Gasteiger partial charge on any atom is 0.131 e. The second-order valence-corrected chi connectivity index (χ2v) is 5.73. The van der Waals surface area contributed by atoms with Crippen molar-refractivity contribution in [3.8, 4) is 0 Å². The van der Waals surface area contributed by atoms with E-state index in [1.807, 2.05) is 12.1 Å². The highest BCUT2D eigenvalue weighted by Gasteiger charge is 2.32. The molecule has 1 aromatic heterocycles. The van der Waals surface area contributed by atoms with Gasteiger partial charge in [0, 0.05) is 5.54 Å². The molecule has 0 unspecified atom stereocenters. The van der Waals surface area contributed by atoms with Gasteiger partial charge in [0.2, 0.25) is 0 Å². The molecule has 0 saturated carbocycles. The summed E-state index contributed by atoms with van der Waals surface area (Å²) in [7, 11) is 0. The van der Waals surface area contributed by atoms with E-state index in [2.05, 4.69) is 44.9 Å². The van der Waals surface area contributed by atoms with Crippen LogP contribution in [0.25, 0.3) is 0 Å². The fraction of sp³-hybridized carbons (Fsp3) is 0.583. The van der Waals surface area contributed by atoms with Crippen LogP contribution in [-0.2, 0) is 0 Å². The fourth-order valence-corrected chi connectivity index (χ4v) is 1.15. The first kappa shape index (κ1) is 12.3. The summed E-state index contributed by atoms with van der Waals surface area (Å²) < 4.78 is 0. The molecule has 0 radical (unpaired) electrons. The van der Waals surface area contributed by atoms with Crippen LogP contribution in [0.5, 0.6) is 0 Å². The predicted octanol–water partition coefficient (Wildman–Crippen LogP) is 3.97. The van der Waals surface area contributed by atoms with Gasteiger partial charge in [-0.2, -0.15) is 0 Å². The van der Waals surface area contributed by atoms with Crippen molar-refractivity contribution in [1.82, 2.24) is 4.98 Å². The molecule has 1 aromatic rings. The molecule has 3 heteroatoms. The first-order chi connectivity index (χ1) is 6.72. The van der Waals surface area contributed by atoms with Crippen molar-refractivity contribution in [1.29, 1.82) is 0 Å². The lowest BCUT2D eigenvalue weighted by atomic mass is 9.76. The highest BCUT2D eigenvalue weighted by Crippen LogP contribution is 2.32. The Labute approximate surface area is 97.1 Å². The molecular formula is C12H19ClN2. The molecule has 0 saturated heterocycles. The van der Waals surface area contributed by atoms with Gasteiger partial charge in [-0.3, -0.25) is 0 Å². The van der Waals surface area contributed by atoms with Gasteiger partial charge < -0.3 is 5.32 Å². The summed E-state index contributed by atoms with van der Waals surface area (Å²) in [5.74, 6) is 0.822. The quantitative estimate of drug-likeness (QED) is 0.772. The van der Waals surface area contributed by atoms with Gasteiger partial charge >= 0.3 is 0 Å². The molecule has 84 valence electrons. The lowest BCUT2D eigenvalue weighted by molar-refractivity contribution is 0.254. The van der Waals surface area contributed by atoms with E-state index in [1.165, 1.54) is 0 Å². The molecule has 0 amide bonds. The molecule has 0 fully saturated rings. The van der Waals surface area contributed by atoms with E-state index in [-0.39, 0.29) is 11.0 Å². The minimum absolute atomic E-state index is 0.0370. The zero-order valence-electron chi connectivity index (χ0n) is 10.1. The molecule has 0 aliphatic carbocycles. The molecular weight excluding hydrogens is 208 g/mol. The van der Waals surface area contributed by atoms with Crippen LogP contribution in [0.2, 0.25) is 5.15 Å². The van der Waals surface area contributed by atoms with Crippen LogP contribution in [0.1, 0.15) is 34.6 Å². The molecule has 0 aliphatic rings. The number of anilines is 1. The highest BCUT2D eigenvalue weighted by molar-refractivity contribution is 6.29. The van der Waals surface area contributed by atoms with Crippen LogP contribution in [-0.4, -0.2) is 10.5 Å². The molecule has 15 heavy (non-hydrogen) atoms. The number of hydrogen-bond acceptors (Lipinski definition) is 2. The molecule has 0 atom stereocenters. The SMILES string of the molecule is CC(C)(C)C(C)(C)Nc1cccc(Cl)n1. The van der Waals surface area contributed by atoms with E-state index in [4.69, 9.17) is 11.6 Å². The molecule has 1 rings (SSSR count). The van der Waals surface area contributed by atoms with Crippen LogP contribution < -0.4 is 5.32 Å². The Kier molecular flexibility index (Phi) is 3.29. The number of hydrogen-bond donors (Lipinski definition) is 1. The summed E-state index contributed by atoms with van der Waals surface area (Å²) >= 11 is 5.84. The molecule has 2 nitrogen and oxygen atoms in total. The summed E-state index contributed by atoms with van der Waals surface area (Å²) in [6, 6.07) is 5.60. The van der Waals surface area contributed by atoms with Crippen molar-refractivity contribution in [2.75, 3.05) is 5.32 Å². The first-order valence-electron chi connectivity index (χ1n) is 5.13. The minimum atomic E-state index is -0.0370. The highest BCUT2D eigenvalue weighted by atomic mass is 35.5. The summed E-state index contributed by atoms with van der Waals surface area (Å²) in [6.07, 6.45) is 0. The van der Waals surface area contributed by atoms with Gasteiger partial charge in [0.05, 0.1) is 0 Å². The summed E-state index contributed by atoms with van der Waals surface area (Å²) in [4.78, 5) is 4.23. The average Bonchev–Trinajstić information content (AvgIpc) is 2.00. The Bertz CT molecular complexity index is 340. The van der Waals surface area contributed by atoms with Crippen LogP contribution >= 0.6 is 11.6 Å². The molecule has 0 spiro atoms. The van der Waals surface area contributed by atoms with Crippen molar-refractivity contribution < 1.29 is 0 Å². The smallest absolute Gasteiger partial charge is 0.131 e. The Morgan fingerprint density at radius 2 is 1.73 bits per heavy atom. The normalized spacial score (nSPS) is 12.7. The van der Waals surface area contributed by atoms with Gasteiger partial charge in [-0.05, 0) is 31.4 Å². The maximum atomic E-state index is 5.84. The topological polar surface area (TPSA) is 24.9 Å². The van der Waals surface area contributed by atoms with E-state index in [1.54, 1.807) is 6.07 Å². The third-order valence-corrected chi connectivity index (χ3v) is 3.24. The van der Waals surface area contributed by atoms with Gasteiger partial charge in [-0.25, -0.2) is 4.98 Å². The molecule has 0 bridgehead atoms. The van der Waals surface area contributed by atoms with Gasteiger partial charge in [0.1, 0.15) is 11.0 Å². The van der Waals surface area contributed by atoms with E-state index in [9.17, 15) is 0 Å². The standard InChI is InChI=1S/C12H19ClN2/c1-11(2,3)12(4,5)15-10-8-6-7-9(13)14-10/h6-8H,1-5H3,(H,14,15). The van der Waals surface area contributed by atoms with E-state index >= 15 is 0 Å². The molecule has 1 heterocycles. The van der Waals surface area contributed by atoms with Crippen LogP contribution in [0.15, 0.2) is 18.2 Å². The summed E-state index contributed by atoms with van der Waals surface area (Å²) in [6.45, 7) is 10.9. The summed E-state index contributed by atoms with van der Waals surface area (Å²) in [5.41, 5.74) is 0.113.